The molecule has 0 bridgehead atoms. The molecule has 9 nitrogen and oxygen atoms in total. The smallest absolute Gasteiger partial charge is 0.264 e. The average molecular weight is 610 g/mol. The zero-order chi connectivity index (χ0) is 31.7. The lowest BCUT2D eigenvalue weighted by Gasteiger charge is -2.33. The molecule has 3 aromatic rings. The predicted molar refractivity (Wildman–Crippen MR) is 169 cm³/mol. The Labute approximate surface area is 255 Å². The molecule has 0 aliphatic carbocycles. The number of carbonyl (C=O) groups excluding carboxylic acids is 2. The van der Waals surface area contributed by atoms with Crippen LogP contribution in [0.25, 0.3) is 0 Å². The van der Waals surface area contributed by atoms with E-state index in [2.05, 4.69) is 5.32 Å². The molecule has 43 heavy (non-hydrogen) atoms. The summed E-state index contributed by atoms with van der Waals surface area (Å²) in [5.74, 6) is -0.147. The summed E-state index contributed by atoms with van der Waals surface area (Å²) in [5.41, 5.74) is 3.94. The molecule has 3 aromatic carbocycles. The lowest BCUT2D eigenvalue weighted by Crippen LogP contribution is -2.52. The maximum Gasteiger partial charge on any atom is 0.264 e. The second-order valence-corrected chi connectivity index (χ2v) is 12.5. The number of nitrogens with zero attached hydrogens (tertiary/aromatic N) is 2. The van der Waals surface area contributed by atoms with Crippen molar-refractivity contribution in [3.63, 3.8) is 0 Å². The average Bonchev–Trinajstić information content (AvgIpc) is 2.98. The van der Waals surface area contributed by atoms with Gasteiger partial charge in [-0.25, -0.2) is 8.42 Å². The molecule has 0 aliphatic rings. The maximum absolute atomic E-state index is 14.3. The topological polar surface area (TPSA) is 105 Å². The number of benzene rings is 3. The third-order valence-electron chi connectivity index (χ3n) is 7.12. The molecule has 0 fully saturated rings. The minimum absolute atomic E-state index is 0.0603. The van der Waals surface area contributed by atoms with Crippen LogP contribution in [0.15, 0.2) is 65.6 Å². The predicted octanol–water partition coefficient (Wildman–Crippen LogP) is 5.16. The van der Waals surface area contributed by atoms with Crippen molar-refractivity contribution < 1.29 is 27.5 Å². The number of hydrogen-bond donors (Lipinski definition) is 1. The first-order valence-electron chi connectivity index (χ1n) is 14.4. The first kappa shape index (κ1) is 33.5. The number of aryl methyl sites for hydroxylation is 3. The van der Waals surface area contributed by atoms with Crippen LogP contribution in [0.5, 0.6) is 11.5 Å². The lowest BCUT2D eigenvalue weighted by atomic mass is 10.1. The molecule has 1 N–H and O–H groups in total. The second kappa shape index (κ2) is 14.9. The van der Waals surface area contributed by atoms with Gasteiger partial charge in [-0.15, -0.1) is 0 Å². The van der Waals surface area contributed by atoms with E-state index in [0.717, 1.165) is 33.0 Å². The summed E-state index contributed by atoms with van der Waals surface area (Å²) in [6.45, 7) is 9.62. The van der Waals surface area contributed by atoms with E-state index in [4.69, 9.17) is 9.47 Å². The SMILES string of the molecule is CCCNC(=O)C(CC)N(Cc1ccc(C)cc1)C(=O)CN(c1cc(C)cc(C)c1)S(=O)(=O)c1ccc(OC)c(OC)c1. The molecular weight excluding hydrogens is 566 g/mol. The van der Waals surface area contributed by atoms with Gasteiger partial charge in [-0.05, 0) is 74.6 Å². The number of carbonyl (C=O) groups is 2. The molecule has 1 unspecified atom stereocenters. The Kier molecular flexibility index (Phi) is 11.6. The fourth-order valence-electron chi connectivity index (χ4n) is 4.90. The van der Waals surface area contributed by atoms with E-state index < -0.39 is 28.5 Å². The van der Waals surface area contributed by atoms with Crippen LogP contribution in [0, 0.1) is 20.8 Å². The maximum atomic E-state index is 14.3. The summed E-state index contributed by atoms with van der Waals surface area (Å²) in [4.78, 5) is 28.9. The molecule has 3 rings (SSSR count). The van der Waals surface area contributed by atoms with Gasteiger partial charge < -0.3 is 19.7 Å². The van der Waals surface area contributed by atoms with Crippen molar-refractivity contribution in [2.75, 3.05) is 31.6 Å². The fourth-order valence-corrected chi connectivity index (χ4v) is 6.32. The van der Waals surface area contributed by atoms with E-state index in [-0.39, 0.29) is 23.1 Å². The highest BCUT2D eigenvalue weighted by Crippen LogP contribution is 2.33. The molecule has 0 aliphatic heterocycles. The van der Waals surface area contributed by atoms with Gasteiger partial charge in [0.25, 0.3) is 10.0 Å². The Balaban J connectivity index is 2.12. The lowest BCUT2D eigenvalue weighted by molar-refractivity contribution is -0.140. The van der Waals surface area contributed by atoms with Crippen molar-refractivity contribution in [2.45, 2.75) is 64.9 Å². The molecule has 0 heterocycles. The van der Waals surface area contributed by atoms with Crippen molar-refractivity contribution in [3.05, 3.63) is 82.9 Å². The molecule has 0 saturated carbocycles. The standard InChI is InChI=1S/C33H43N3O6S/c1-8-16-34-33(38)29(9-2)35(21-26-12-10-23(3)11-13-26)32(37)22-36(27-18-24(4)17-25(5)19-27)43(39,40)28-14-15-30(41-6)31(20-28)42-7/h10-15,17-20,29H,8-9,16,21-22H2,1-7H3,(H,34,38). The molecular formula is C33H43N3O6S. The van der Waals surface area contributed by atoms with Crippen LogP contribution in [0.4, 0.5) is 5.69 Å². The number of methoxy groups -OCH3 is 2. The van der Waals surface area contributed by atoms with Gasteiger partial charge in [-0.2, -0.15) is 0 Å². The van der Waals surface area contributed by atoms with E-state index in [0.29, 0.717) is 24.4 Å². The monoisotopic (exact) mass is 609 g/mol. The highest BCUT2D eigenvalue weighted by Gasteiger charge is 2.34. The highest BCUT2D eigenvalue weighted by molar-refractivity contribution is 7.92. The largest absolute Gasteiger partial charge is 0.493 e. The van der Waals surface area contributed by atoms with Gasteiger partial charge >= 0.3 is 0 Å². The van der Waals surface area contributed by atoms with Crippen LogP contribution >= 0.6 is 0 Å². The molecule has 2 amide bonds. The molecule has 1 atom stereocenters. The summed E-state index contributed by atoms with van der Waals surface area (Å²) in [5, 5.41) is 2.90. The van der Waals surface area contributed by atoms with Crippen LogP contribution in [-0.4, -0.2) is 58.5 Å². The van der Waals surface area contributed by atoms with Crippen LogP contribution in [0.2, 0.25) is 0 Å². The highest BCUT2D eigenvalue weighted by atomic mass is 32.2. The molecule has 10 heteroatoms. The number of rotatable bonds is 14. The minimum Gasteiger partial charge on any atom is -0.493 e. The number of anilines is 1. The van der Waals surface area contributed by atoms with E-state index in [1.165, 1.54) is 37.3 Å². The van der Waals surface area contributed by atoms with Crippen LogP contribution in [-0.2, 0) is 26.2 Å². The van der Waals surface area contributed by atoms with Crippen molar-refractivity contribution in [1.82, 2.24) is 10.2 Å². The van der Waals surface area contributed by atoms with Gasteiger partial charge in [-0.3, -0.25) is 13.9 Å². The number of amides is 2. The van der Waals surface area contributed by atoms with E-state index >= 15 is 0 Å². The van der Waals surface area contributed by atoms with Gasteiger partial charge in [-0.1, -0.05) is 49.7 Å². The zero-order valence-corrected chi connectivity index (χ0v) is 27.0. The molecule has 0 saturated heterocycles. The minimum atomic E-state index is -4.27. The van der Waals surface area contributed by atoms with Crippen molar-refractivity contribution in [3.8, 4) is 11.5 Å². The summed E-state index contributed by atoms with van der Waals surface area (Å²) >= 11 is 0. The molecule has 0 radical (unpaired) electrons. The molecule has 232 valence electrons. The van der Waals surface area contributed by atoms with Gasteiger partial charge in [0.1, 0.15) is 12.6 Å². The Morgan fingerprint density at radius 2 is 1.47 bits per heavy atom. The summed E-state index contributed by atoms with van der Waals surface area (Å²) < 4.78 is 40.3. The molecule has 0 spiro atoms. The first-order valence-corrected chi connectivity index (χ1v) is 15.8. The normalized spacial score (nSPS) is 11.9. The summed E-state index contributed by atoms with van der Waals surface area (Å²) in [7, 11) is -1.37. The van der Waals surface area contributed by atoms with Crippen molar-refractivity contribution in [2.24, 2.45) is 0 Å². The van der Waals surface area contributed by atoms with Gasteiger partial charge in [0.2, 0.25) is 11.8 Å². The number of hydrogen-bond acceptors (Lipinski definition) is 6. The van der Waals surface area contributed by atoms with Crippen LogP contribution < -0.4 is 19.1 Å². The Hall–Kier alpha value is -4.05. The first-order chi connectivity index (χ1) is 20.4. The van der Waals surface area contributed by atoms with Crippen LogP contribution in [0.1, 0.15) is 48.9 Å². The number of nitrogens with one attached hydrogen (secondary N) is 1. The van der Waals surface area contributed by atoms with E-state index in [1.54, 1.807) is 12.1 Å². The zero-order valence-electron chi connectivity index (χ0n) is 26.1. The Bertz CT molecular complexity index is 1500. The number of sulfonamides is 1. The van der Waals surface area contributed by atoms with E-state index in [9.17, 15) is 18.0 Å². The Morgan fingerprint density at radius 3 is 2.02 bits per heavy atom. The van der Waals surface area contributed by atoms with Crippen molar-refractivity contribution in [1.29, 1.82) is 0 Å². The molecule has 0 aromatic heterocycles. The Morgan fingerprint density at radius 1 is 0.837 bits per heavy atom. The van der Waals surface area contributed by atoms with Crippen LogP contribution in [0.3, 0.4) is 0 Å². The van der Waals surface area contributed by atoms with Gasteiger partial charge in [0, 0.05) is 19.2 Å². The number of ether oxygens (including phenoxy) is 2. The van der Waals surface area contributed by atoms with Gasteiger partial charge in [0.15, 0.2) is 11.5 Å². The van der Waals surface area contributed by atoms with Crippen molar-refractivity contribution >= 4 is 27.5 Å². The summed E-state index contributed by atoms with van der Waals surface area (Å²) in [6, 6.07) is 16.6. The third-order valence-corrected chi connectivity index (χ3v) is 8.89. The van der Waals surface area contributed by atoms with E-state index in [1.807, 2.05) is 65.0 Å². The summed E-state index contributed by atoms with van der Waals surface area (Å²) in [6.07, 6.45) is 1.11. The quantitative estimate of drug-likeness (QED) is 0.271. The van der Waals surface area contributed by atoms with Gasteiger partial charge in [0.05, 0.1) is 24.8 Å². The second-order valence-electron chi connectivity index (χ2n) is 10.6. The fraction of sp³-hybridized carbons (Fsp3) is 0.394. The third kappa shape index (κ3) is 8.28.